The molecule has 3 aliphatic rings. The zero-order valence-corrected chi connectivity index (χ0v) is 15.5. The van der Waals surface area contributed by atoms with Gasteiger partial charge >= 0.3 is 6.03 Å². The summed E-state index contributed by atoms with van der Waals surface area (Å²) in [4.78, 5) is 39.6. The first-order valence-electron chi connectivity index (χ1n) is 9.38. The molecule has 3 heterocycles. The van der Waals surface area contributed by atoms with Crippen molar-refractivity contribution in [3.05, 3.63) is 53.6 Å². The zero-order valence-electron chi connectivity index (χ0n) is 15.5. The number of hydrogen-bond acceptors (Lipinski definition) is 6. The first kappa shape index (κ1) is 17.5. The molecule has 0 saturated carbocycles. The number of para-hydroxylation sites is 1. The molecule has 0 aliphatic carbocycles. The molecule has 1 spiro atoms. The Bertz CT molecular complexity index is 1040. The maximum Gasteiger partial charge on any atom is 0.325 e. The van der Waals surface area contributed by atoms with E-state index in [9.17, 15) is 14.4 Å². The number of fused-ring (bicyclic) bond motifs is 3. The Balaban J connectivity index is 1.41. The van der Waals surface area contributed by atoms with Crippen molar-refractivity contribution >= 4 is 17.7 Å². The number of carbonyl (C=O) groups is 3. The van der Waals surface area contributed by atoms with Crippen molar-refractivity contribution in [1.82, 2.24) is 10.2 Å². The van der Waals surface area contributed by atoms with Crippen LogP contribution in [0, 0.1) is 0 Å². The highest BCUT2D eigenvalue weighted by Crippen LogP contribution is 2.41. The van der Waals surface area contributed by atoms with Crippen LogP contribution in [0.1, 0.15) is 22.3 Å². The molecule has 0 aromatic heterocycles. The van der Waals surface area contributed by atoms with Gasteiger partial charge in [-0.05, 0) is 24.3 Å². The monoisotopic (exact) mass is 394 g/mol. The number of Topliss-reactive ketones (excluding diaryl/α,β-unsaturated/α-hetero) is 1. The van der Waals surface area contributed by atoms with Gasteiger partial charge in [0.15, 0.2) is 22.8 Å². The number of benzene rings is 2. The Morgan fingerprint density at radius 1 is 0.966 bits per heavy atom. The van der Waals surface area contributed by atoms with Gasteiger partial charge in [0.05, 0.1) is 13.2 Å². The number of hydrogen-bond donors (Lipinski definition) is 1. The molecule has 1 atom stereocenters. The van der Waals surface area contributed by atoms with Crippen molar-refractivity contribution in [2.45, 2.75) is 12.0 Å². The fraction of sp³-hybridized carbons (Fsp3) is 0.286. The number of nitrogens with one attached hydrogen (secondary N) is 1. The van der Waals surface area contributed by atoms with Gasteiger partial charge < -0.3 is 19.5 Å². The van der Waals surface area contributed by atoms with Crippen molar-refractivity contribution in [1.29, 1.82) is 0 Å². The largest absolute Gasteiger partial charge is 0.493 e. The summed E-state index contributed by atoms with van der Waals surface area (Å²) in [6, 6.07) is 11.4. The van der Waals surface area contributed by atoms with Crippen LogP contribution in [-0.2, 0) is 10.3 Å². The maximum absolute atomic E-state index is 13.2. The van der Waals surface area contributed by atoms with Crippen LogP contribution < -0.4 is 19.5 Å². The number of ketones is 1. The van der Waals surface area contributed by atoms with Crippen molar-refractivity contribution in [3.8, 4) is 17.2 Å². The third-order valence-electron chi connectivity index (χ3n) is 5.42. The summed E-state index contributed by atoms with van der Waals surface area (Å²) in [5.74, 6) is 0.814. The summed E-state index contributed by atoms with van der Waals surface area (Å²) in [6.45, 7) is 0.805. The predicted octanol–water partition coefficient (Wildman–Crippen LogP) is 1.87. The molecule has 0 unspecified atom stereocenters. The summed E-state index contributed by atoms with van der Waals surface area (Å²) in [6.07, 6.45) is 0.309. The zero-order chi connectivity index (χ0) is 20.0. The van der Waals surface area contributed by atoms with Gasteiger partial charge in [-0.1, -0.05) is 18.2 Å². The lowest BCUT2D eigenvalue weighted by Gasteiger charge is -2.33. The minimum absolute atomic E-state index is 0.299. The molecular weight excluding hydrogens is 376 g/mol. The SMILES string of the molecule is O=C(CN1C(=O)N[C@]2(CCOc3ccccc32)C1=O)c1ccc2c(c1)OCCO2. The number of nitrogens with zero attached hydrogens (tertiary/aromatic N) is 1. The fourth-order valence-corrected chi connectivity index (χ4v) is 3.97. The van der Waals surface area contributed by atoms with Gasteiger partial charge in [0.2, 0.25) is 0 Å². The van der Waals surface area contributed by atoms with Gasteiger partial charge in [-0.25, -0.2) is 4.79 Å². The molecule has 29 heavy (non-hydrogen) atoms. The van der Waals surface area contributed by atoms with Gasteiger partial charge in [0.25, 0.3) is 5.91 Å². The minimum atomic E-state index is -1.20. The van der Waals surface area contributed by atoms with Crippen LogP contribution in [-0.4, -0.2) is 49.0 Å². The Hall–Kier alpha value is -3.55. The normalized spacial score (nSPS) is 22.1. The second kappa shape index (κ2) is 6.51. The standard InChI is InChI=1S/C21H18N2O6/c24-15(13-5-6-17-18(11-13)29-10-9-28-17)12-23-19(25)21(22-20(23)26)7-8-27-16-4-2-1-3-14(16)21/h1-6,11H,7-10,12H2,(H,22,26)/t21-/m0/s1. The third kappa shape index (κ3) is 2.71. The topological polar surface area (TPSA) is 94.2 Å². The van der Waals surface area contributed by atoms with E-state index in [1.807, 2.05) is 6.07 Å². The van der Waals surface area contributed by atoms with Crippen LogP contribution in [0.2, 0.25) is 0 Å². The number of urea groups is 1. The molecule has 3 aliphatic heterocycles. The maximum atomic E-state index is 13.2. The smallest absolute Gasteiger partial charge is 0.325 e. The molecule has 8 nitrogen and oxygen atoms in total. The number of carbonyl (C=O) groups excluding carboxylic acids is 3. The molecule has 3 amide bonds. The minimum Gasteiger partial charge on any atom is -0.493 e. The summed E-state index contributed by atoms with van der Waals surface area (Å²) in [7, 11) is 0. The van der Waals surface area contributed by atoms with Crippen molar-refractivity contribution < 1.29 is 28.6 Å². The van der Waals surface area contributed by atoms with Crippen LogP contribution in [0.4, 0.5) is 4.79 Å². The lowest BCUT2D eigenvalue weighted by atomic mass is 9.84. The van der Waals surface area contributed by atoms with E-state index in [0.717, 1.165) is 4.90 Å². The van der Waals surface area contributed by atoms with Crippen LogP contribution in [0.25, 0.3) is 0 Å². The molecule has 0 bridgehead atoms. The molecule has 1 N–H and O–H groups in total. The molecular formula is C21H18N2O6. The molecule has 8 heteroatoms. The summed E-state index contributed by atoms with van der Waals surface area (Å²) in [5, 5.41) is 2.79. The Kier molecular flexibility index (Phi) is 3.94. The van der Waals surface area contributed by atoms with E-state index in [2.05, 4.69) is 5.32 Å². The summed E-state index contributed by atoms with van der Waals surface area (Å²) >= 11 is 0. The van der Waals surface area contributed by atoms with Crippen molar-refractivity contribution in [3.63, 3.8) is 0 Å². The number of amides is 3. The highest BCUT2D eigenvalue weighted by molar-refractivity contribution is 6.11. The van der Waals surface area contributed by atoms with Gasteiger partial charge in [-0.15, -0.1) is 0 Å². The average Bonchev–Trinajstić information content (AvgIpc) is 2.98. The van der Waals surface area contributed by atoms with E-state index in [-0.39, 0.29) is 12.3 Å². The number of rotatable bonds is 3. The first-order chi connectivity index (χ1) is 14.1. The van der Waals surface area contributed by atoms with E-state index in [0.29, 0.717) is 54.6 Å². The van der Waals surface area contributed by atoms with Gasteiger partial charge in [0.1, 0.15) is 19.0 Å². The van der Waals surface area contributed by atoms with Crippen LogP contribution in [0.3, 0.4) is 0 Å². The second-order valence-corrected chi connectivity index (χ2v) is 7.10. The number of ether oxygens (including phenoxy) is 3. The van der Waals surface area contributed by atoms with Gasteiger partial charge in [-0.2, -0.15) is 0 Å². The van der Waals surface area contributed by atoms with Gasteiger partial charge in [-0.3, -0.25) is 14.5 Å². The Morgan fingerprint density at radius 3 is 2.59 bits per heavy atom. The predicted molar refractivity (Wildman–Crippen MR) is 100 cm³/mol. The second-order valence-electron chi connectivity index (χ2n) is 7.10. The Morgan fingerprint density at radius 2 is 1.72 bits per heavy atom. The fourth-order valence-electron chi connectivity index (χ4n) is 3.97. The summed E-state index contributed by atoms with van der Waals surface area (Å²) < 4.78 is 16.6. The first-order valence-corrected chi connectivity index (χ1v) is 9.38. The van der Waals surface area contributed by atoms with Gasteiger partial charge in [0, 0.05) is 17.5 Å². The number of imide groups is 1. The van der Waals surface area contributed by atoms with Crippen LogP contribution in [0.15, 0.2) is 42.5 Å². The van der Waals surface area contributed by atoms with E-state index in [1.54, 1.807) is 36.4 Å². The molecule has 5 rings (SSSR count). The van der Waals surface area contributed by atoms with Crippen LogP contribution in [0.5, 0.6) is 17.2 Å². The molecule has 2 aromatic carbocycles. The van der Waals surface area contributed by atoms with E-state index < -0.39 is 17.5 Å². The molecule has 0 radical (unpaired) electrons. The molecule has 2 aromatic rings. The lowest BCUT2D eigenvalue weighted by Crippen LogP contribution is -2.47. The van der Waals surface area contributed by atoms with Crippen molar-refractivity contribution in [2.24, 2.45) is 0 Å². The van der Waals surface area contributed by atoms with Crippen LogP contribution >= 0.6 is 0 Å². The Labute approximate surface area is 166 Å². The molecule has 1 fully saturated rings. The van der Waals surface area contributed by atoms with E-state index in [4.69, 9.17) is 14.2 Å². The van der Waals surface area contributed by atoms with E-state index >= 15 is 0 Å². The van der Waals surface area contributed by atoms with Crippen molar-refractivity contribution in [2.75, 3.05) is 26.4 Å². The van der Waals surface area contributed by atoms with E-state index in [1.165, 1.54) is 0 Å². The molecule has 148 valence electrons. The summed E-state index contributed by atoms with van der Waals surface area (Å²) in [5.41, 5.74) is -0.235. The lowest BCUT2D eigenvalue weighted by molar-refractivity contribution is -0.132. The third-order valence-corrected chi connectivity index (χ3v) is 5.42. The molecule has 1 saturated heterocycles. The average molecular weight is 394 g/mol. The highest BCUT2D eigenvalue weighted by Gasteiger charge is 2.55. The quantitative estimate of drug-likeness (QED) is 0.631. The highest BCUT2D eigenvalue weighted by atomic mass is 16.6.